The van der Waals surface area contributed by atoms with Crippen molar-refractivity contribution in [2.75, 3.05) is 20.3 Å². The van der Waals surface area contributed by atoms with Crippen LogP contribution in [-0.2, 0) is 11.3 Å². The third-order valence-electron chi connectivity index (χ3n) is 1.83. The topological polar surface area (TPSA) is 51.5 Å². The molecule has 1 aromatic heterocycles. The number of alkyl halides is 1. The van der Waals surface area contributed by atoms with Gasteiger partial charge in [0.25, 0.3) is 0 Å². The Kier molecular flexibility index (Phi) is 4.83. The average Bonchev–Trinajstić information content (AvgIpc) is 2.72. The van der Waals surface area contributed by atoms with E-state index in [1.54, 1.807) is 12.1 Å². The largest absolute Gasteiger partial charge is 0.463 e. The van der Waals surface area contributed by atoms with Crippen LogP contribution in [0.1, 0.15) is 22.7 Å². The Balaban J connectivity index is 2.36. The lowest BCUT2D eigenvalue weighted by molar-refractivity contribution is 0.0563. The molecule has 0 spiro atoms. The minimum absolute atomic E-state index is 0.180. The fourth-order valence-electron chi connectivity index (χ4n) is 1.09. The van der Waals surface area contributed by atoms with E-state index in [4.69, 9.17) is 4.42 Å². The second kappa shape index (κ2) is 6.19. The van der Waals surface area contributed by atoms with E-state index in [1.807, 2.05) is 0 Å². The molecule has 1 rings (SSSR count). The molecule has 1 heterocycles. The molecule has 0 fully saturated rings. The normalized spacial score (nSPS) is 10.3. The van der Waals surface area contributed by atoms with Crippen molar-refractivity contribution in [2.24, 2.45) is 0 Å². The zero-order valence-corrected chi connectivity index (χ0v) is 8.59. The standard InChI is InChI=1S/C10H14FNO3/c1-14-10(13)9-4-3-8(15-9)7-12-6-2-5-11/h3-4,12H,2,5-7H2,1H3. The van der Waals surface area contributed by atoms with Gasteiger partial charge in [-0.3, -0.25) is 4.39 Å². The number of methoxy groups -OCH3 is 1. The van der Waals surface area contributed by atoms with Crippen LogP contribution in [-0.4, -0.2) is 26.3 Å². The number of carbonyl (C=O) groups excluding carboxylic acids is 1. The van der Waals surface area contributed by atoms with Gasteiger partial charge in [0, 0.05) is 0 Å². The summed E-state index contributed by atoms with van der Waals surface area (Å²) in [7, 11) is 1.30. The molecule has 0 saturated heterocycles. The SMILES string of the molecule is COC(=O)c1ccc(CNCCCF)o1. The van der Waals surface area contributed by atoms with E-state index in [2.05, 4.69) is 10.1 Å². The Hall–Kier alpha value is -1.36. The summed E-state index contributed by atoms with van der Waals surface area (Å²) in [5, 5.41) is 2.99. The Morgan fingerprint density at radius 1 is 1.60 bits per heavy atom. The summed E-state index contributed by atoms with van der Waals surface area (Å²) in [6, 6.07) is 3.24. The zero-order valence-electron chi connectivity index (χ0n) is 8.59. The van der Waals surface area contributed by atoms with Gasteiger partial charge in [0.2, 0.25) is 5.76 Å². The lowest BCUT2D eigenvalue weighted by Crippen LogP contribution is -2.14. The number of rotatable bonds is 6. The second-order valence-electron chi connectivity index (χ2n) is 2.98. The smallest absolute Gasteiger partial charge is 0.373 e. The van der Waals surface area contributed by atoms with E-state index in [1.165, 1.54) is 7.11 Å². The Morgan fingerprint density at radius 2 is 2.40 bits per heavy atom. The lowest BCUT2D eigenvalue weighted by Gasteiger charge is -1.99. The number of halogens is 1. The maximum atomic E-state index is 11.8. The maximum Gasteiger partial charge on any atom is 0.373 e. The van der Waals surface area contributed by atoms with Crippen LogP contribution >= 0.6 is 0 Å². The molecule has 0 atom stereocenters. The van der Waals surface area contributed by atoms with Crippen molar-refractivity contribution in [1.29, 1.82) is 0 Å². The summed E-state index contributed by atoms with van der Waals surface area (Å²) in [5.74, 6) is 0.319. The van der Waals surface area contributed by atoms with Crippen LogP contribution in [0, 0.1) is 0 Å². The van der Waals surface area contributed by atoms with Gasteiger partial charge in [-0.2, -0.15) is 0 Å². The van der Waals surface area contributed by atoms with Crippen LogP contribution in [0.25, 0.3) is 0 Å². The molecule has 0 radical (unpaired) electrons. The van der Waals surface area contributed by atoms with Crippen LogP contribution in [0.5, 0.6) is 0 Å². The fourth-order valence-corrected chi connectivity index (χ4v) is 1.09. The van der Waals surface area contributed by atoms with Crippen LogP contribution in [0.4, 0.5) is 4.39 Å². The molecule has 4 nitrogen and oxygen atoms in total. The minimum Gasteiger partial charge on any atom is -0.463 e. The molecule has 0 aliphatic rings. The highest BCUT2D eigenvalue weighted by molar-refractivity contribution is 5.86. The van der Waals surface area contributed by atoms with Gasteiger partial charge in [-0.25, -0.2) is 4.79 Å². The van der Waals surface area contributed by atoms with E-state index in [0.29, 0.717) is 25.3 Å². The van der Waals surface area contributed by atoms with Gasteiger partial charge in [-0.05, 0) is 25.1 Å². The Labute approximate surface area is 87.4 Å². The van der Waals surface area contributed by atoms with Gasteiger partial charge in [0.15, 0.2) is 0 Å². The quantitative estimate of drug-likeness (QED) is 0.577. The molecule has 1 aromatic rings. The van der Waals surface area contributed by atoms with Crippen molar-refractivity contribution < 1.29 is 18.3 Å². The molecular weight excluding hydrogens is 201 g/mol. The summed E-state index contributed by atoms with van der Waals surface area (Å²) in [4.78, 5) is 11.0. The number of carbonyl (C=O) groups is 1. The Morgan fingerprint density at radius 3 is 3.07 bits per heavy atom. The first-order chi connectivity index (χ1) is 7.27. The number of hydrogen-bond donors (Lipinski definition) is 1. The van der Waals surface area contributed by atoms with E-state index in [-0.39, 0.29) is 12.4 Å². The molecule has 84 valence electrons. The molecular formula is C10H14FNO3. The number of ether oxygens (including phenoxy) is 1. The zero-order chi connectivity index (χ0) is 11.1. The first-order valence-electron chi connectivity index (χ1n) is 4.71. The van der Waals surface area contributed by atoms with Crippen LogP contribution < -0.4 is 5.32 Å². The number of esters is 1. The van der Waals surface area contributed by atoms with Gasteiger partial charge < -0.3 is 14.5 Å². The molecule has 0 aromatic carbocycles. The van der Waals surface area contributed by atoms with Gasteiger partial charge >= 0.3 is 5.97 Å². The first kappa shape index (κ1) is 11.7. The number of hydrogen-bond acceptors (Lipinski definition) is 4. The molecule has 0 aliphatic carbocycles. The van der Waals surface area contributed by atoms with E-state index < -0.39 is 5.97 Å². The maximum absolute atomic E-state index is 11.8. The predicted molar refractivity (Wildman–Crippen MR) is 52.3 cm³/mol. The van der Waals surface area contributed by atoms with Gasteiger partial charge in [0.1, 0.15) is 5.76 Å². The van der Waals surface area contributed by atoms with Crippen molar-refractivity contribution in [3.8, 4) is 0 Å². The molecule has 0 amide bonds. The minimum atomic E-state index is -0.495. The van der Waals surface area contributed by atoms with Crippen LogP contribution in [0.2, 0.25) is 0 Å². The highest BCUT2D eigenvalue weighted by Crippen LogP contribution is 2.08. The van der Waals surface area contributed by atoms with Gasteiger partial charge in [-0.1, -0.05) is 0 Å². The highest BCUT2D eigenvalue weighted by Gasteiger charge is 2.10. The van der Waals surface area contributed by atoms with Crippen molar-refractivity contribution in [1.82, 2.24) is 5.32 Å². The number of nitrogens with one attached hydrogen (secondary N) is 1. The first-order valence-corrected chi connectivity index (χ1v) is 4.71. The predicted octanol–water partition coefficient (Wildman–Crippen LogP) is 1.52. The van der Waals surface area contributed by atoms with Gasteiger partial charge in [-0.15, -0.1) is 0 Å². The molecule has 0 bridgehead atoms. The molecule has 0 aliphatic heterocycles. The monoisotopic (exact) mass is 215 g/mol. The Bertz CT molecular complexity index is 311. The summed E-state index contributed by atoms with van der Waals surface area (Å²) in [6.45, 7) is 0.736. The van der Waals surface area contributed by atoms with E-state index in [0.717, 1.165) is 0 Å². The fraction of sp³-hybridized carbons (Fsp3) is 0.500. The highest BCUT2D eigenvalue weighted by atomic mass is 19.1. The second-order valence-corrected chi connectivity index (χ2v) is 2.98. The van der Waals surface area contributed by atoms with Crippen molar-refractivity contribution in [3.05, 3.63) is 23.7 Å². The summed E-state index contributed by atoms with van der Waals surface area (Å²) in [6.07, 6.45) is 0.477. The third-order valence-corrected chi connectivity index (χ3v) is 1.83. The van der Waals surface area contributed by atoms with Crippen molar-refractivity contribution in [2.45, 2.75) is 13.0 Å². The summed E-state index contributed by atoms with van der Waals surface area (Å²) >= 11 is 0. The van der Waals surface area contributed by atoms with Crippen LogP contribution in [0.3, 0.4) is 0 Å². The molecule has 0 saturated carbocycles. The molecule has 15 heavy (non-hydrogen) atoms. The third kappa shape index (κ3) is 3.71. The average molecular weight is 215 g/mol. The molecule has 5 heteroatoms. The van der Waals surface area contributed by atoms with Crippen molar-refractivity contribution >= 4 is 5.97 Å². The summed E-state index contributed by atoms with van der Waals surface area (Å²) in [5.41, 5.74) is 0. The molecule has 1 N–H and O–H groups in total. The molecule has 0 unspecified atom stereocenters. The number of furan rings is 1. The lowest BCUT2D eigenvalue weighted by atomic mass is 10.4. The van der Waals surface area contributed by atoms with E-state index in [9.17, 15) is 9.18 Å². The van der Waals surface area contributed by atoms with Gasteiger partial charge in [0.05, 0.1) is 20.3 Å². The van der Waals surface area contributed by atoms with Crippen LogP contribution in [0.15, 0.2) is 16.5 Å². The van der Waals surface area contributed by atoms with Crippen molar-refractivity contribution in [3.63, 3.8) is 0 Å². The van der Waals surface area contributed by atoms with E-state index >= 15 is 0 Å². The summed E-state index contributed by atoms with van der Waals surface area (Å²) < 4.78 is 21.4.